The molecule has 4 aromatic heterocycles. The van der Waals surface area contributed by atoms with Crippen molar-refractivity contribution in [1.82, 2.24) is 29.0 Å². The Bertz CT molecular complexity index is 984. The molecule has 0 bridgehead atoms. The Morgan fingerprint density at radius 2 is 1.70 bits per heavy atom. The number of hydrogen-bond acceptors (Lipinski definition) is 5. The molecule has 8 heteroatoms. The molecule has 0 spiro atoms. The number of nitrogens with zero attached hydrogens (tertiary/aromatic N) is 6. The number of imidazole rings is 1. The second-order valence-corrected chi connectivity index (χ2v) is 5.08. The van der Waals surface area contributed by atoms with Crippen LogP contribution >= 0.6 is 11.8 Å². The topological polar surface area (TPSA) is 69.4 Å². The Morgan fingerprint density at radius 1 is 0.913 bits per heavy atom. The third-order valence-electron chi connectivity index (χ3n) is 3.26. The summed E-state index contributed by atoms with van der Waals surface area (Å²) < 4.78 is 14.3. The largest absolute Gasteiger partial charge is 0.252 e. The van der Waals surface area contributed by atoms with E-state index in [0.29, 0.717) is 33.9 Å². The van der Waals surface area contributed by atoms with Crippen LogP contribution in [-0.4, -0.2) is 29.0 Å². The van der Waals surface area contributed by atoms with E-state index < -0.39 is 5.82 Å². The smallest absolute Gasteiger partial charge is 0.176 e. The number of aromatic nitrogens is 6. The normalized spacial score (nSPS) is 11.0. The van der Waals surface area contributed by atoms with Gasteiger partial charge in [0.2, 0.25) is 0 Å². The van der Waals surface area contributed by atoms with Gasteiger partial charge in [0.25, 0.3) is 0 Å². The molecule has 4 heterocycles. The minimum atomic E-state index is -0.399. The van der Waals surface area contributed by atoms with Crippen LogP contribution in [0.15, 0.2) is 49.2 Å². The van der Waals surface area contributed by atoms with Crippen LogP contribution in [0.3, 0.4) is 0 Å². The molecule has 112 valence electrons. The molecule has 6 nitrogen and oxygen atoms in total. The predicted octanol–water partition coefficient (Wildman–Crippen LogP) is 3.09. The predicted molar refractivity (Wildman–Crippen MR) is 83.0 cm³/mol. The van der Waals surface area contributed by atoms with Crippen molar-refractivity contribution in [1.29, 1.82) is 0 Å². The fourth-order valence-electron chi connectivity index (χ4n) is 2.19. The van der Waals surface area contributed by atoms with Crippen LogP contribution in [0, 0.1) is 5.82 Å². The summed E-state index contributed by atoms with van der Waals surface area (Å²) >= 11 is 6.33. The maximum atomic E-state index is 13.0. The summed E-state index contributed by atoms with van der Waals surface area (Å²) in [5.41, 5.74) is 2.92. The summed E-state index contributed by atoms with van der Waals surface area (Å²) in [4.78, 5) is 20.8. The average Bonchev–Trinajstić information content (AvgIpc) is 2.93. The Morgan fingerprint density at radius 3 is 2.43 bits per heavy atom. The minimum absolute atomic E-state index is 0.399. The molecule has 0 aliphatic carbocycles. The Labute approximate surface area is 134 Å². The number of rotatable bonds is 2. The van der Waals surface area contributed by atoms with Gasteiger partial charge in [0.15, 0.2) is 11.5 Å². The standard InChI is InChI=1S/C15H8ClFN6/c16-23-14(9-5-18-8-19-6-9)22-13-4-3-12(21-15(13)23)11-2-1-10(17)7-20-11/h1-8H. The monoisotopic (exact) mass is 326 g/mol. The third-order valence-corrected chi connectivity index (χ3v) is 3.58. The van der Waals surface area contributed by atoms with E-state index in [2.05, 4.69) is 24.9 Å². The van der Waals surface area contributed by atoms with Crippen molar-refractivity contribution in [2.24, 2.45) is 0 Å². The lowest BCUT2D eigenvalue weighted by Gasteiger charge is -2.01. The number of halogens is 2. The highest BCUT2D eigenvalue weighted by Gasteiger charge is 2.14. The Hall–Kier alpha value is -2.93. The van der Waals surface area contributed by atoms with Crippen molar-refractivity contribution in [3.63, 3.8) is 0 Å². The van der Waals surface area contributed by atoms with E-state index >= 15 is 0 Å². The first-order chi connectivity index (χ1) is 11.2. The fourth-order valence-corrected chi connectivity index (χ4v) is 2.45. The van der Waals surface area contributed by atoms with Gasteiger partial charge < -0.3 is 0 Å². The van der Waals surface area contributed by atoms with Gasteiger partial charge in [-0.1, -0.05) is 0 Å². The number of pyridine rings is 2. The summed E-state index contributed by atoms with van der Waals surface area (Å²) in [5, 5.41) is 0. The maximum absolute atomic E-state index is 13.0. The van der Waals surface area contributed by atoms with E-state index in [1.54, 1.807) is 30.6 Å². The van der Waals surface area contributed by atoms with Gasteiger partial charge in [0.1, 0.15) is 17.7 Å². The van der Waals surface area contributed by atoms with Crippen molar-refractivity contribution in [2.45, 2.75) is 0 Å². The van der Waals surface area contributed by atoms with Crippen LogP contribution in [0.5, 0.6) is 0 Å². The van der Waals surface area contributed by atoms with Crippen LogP contribution < -0.4 is 0 Å². The number of fused-ring (bicyclic) bond motifs is 1. The first-order valence-corrected chi connectivity index (χ1v) is 6.99. The molecule has 0 atom stereocenters. The second kappa shape index (κ2) is 5.36. The highest BCUT2D eigenvalue weighted by atomic mass is 35.5. The SMILES string of the molecule is Fc1ccc(-c2ccc3nc(-c4cncnc4)n(Cl)c3n2)nc1. The first-order valence-electron chi connectivity index (χ1n) is 6.65. The fraction of sp³-hybridized carbons (Fsp3) is 0. The molecule has 0 aliphatic heterocycles. The molecule has 0 aliphatic rings. The van der Waals surface area contributed by atoms with Gasteiger partial charge in [-0.15, -0.1) is 0 Å². The zero-order valence-corrected chi connectivity index (χ0v) is 12.3. The zero-order chi connectivity index (χ0) is 15.8. The molecule has 0 N–H and O–H groups in total. The van der Waals surface area contributed by atoms with Gasteiger partial charge in [-0.2, -0.15) is 0 Å². The molecule has 0 aromatic carbocycles. The average molecular weight is 327 g/mol. The minimum Gasteiger partial charge on any atom is -0.252 e. The second-order valence-electron chi connectivity index (χ2n) is 4.74. The maximum Gasteiger partial charge on any atom is 0.176 e. The molecule has 0 unspecified atom stereocenters. The molecule has 0 fully saturated rings. The summed E-state index contributed by atoms with van der Waals surface area (Å²) in [5.74, 6) is 0.0996. The van der Waals surface area contributed by atoms with Crippen molar-refractivity contribution in [3.05, 3.63) is 55.0 Å². The van der Waals surface area contributed by atoms with Gasteiger partial charge in [-0.05, 0) is 24.3 Å². The Kier molecular flexibility index (Phi) is 3.20. The van der Waals surface area contributed by atoms with Crippen molar-refractivity contribution < 1.29 is 4.39 Å². The highest BCUT2D eigenvalue weighted by molar-refractivity contribution is 6.20. The molecule has 23 heavy (non-hydrogen) atoms. The van der Waals surface area contributed by atoms with Gasteiger partial charge in [0.05, 0.1) is 23.1 Å². The summed E-state index contributed by atoms with van der Waals surface area (Å²) in [6, 6.07) is 6.44. The van der Waals surface area contributed by atoms with Crippen LogP contribution in [0.25, 0.3) is 33.9 Å². The van der Waals surface area contributed by atoms with E-state index in [0.717, 1.165) is 6.20 Å². The molecule has 4 rings (SSSR count). The molecule has 0 radical (unpaired) electrons. The third kappa shape index (κ3) is 2.40. The van der Waals surface area contributed by atoms with Crippen LogP contribution in [0.4, 0.5) is 4.39 Å². The summed E-state index contributed by atoms with van der Waals surface area (Å²) in [6.07, 6.45) is 5.82. The Balaban J connectivity index is 1.86. The lowest BCUT2D eigenvalue weighted by Crippen LogP contribution is -1.92. The molecule has 0 saturated heterocycles. The highest BCUT2D eigenvalue weighted by Crippen LogP contribution is 2.26. The summed E-state index contributed by atoms with van der Waals surface area (Å²) in [7, 11) is 0. The van der Waals surface area contributed by atoms with Gasteiger partial charge in [-0.25, -0.2) is 28.4 Å². The van der Waals surface area contributed by atoms with E-state index in [1.807, 2.05) is 0 Å². The van der Waals surface area contributed by atoms with Gasteiger partial charge >= 0.3 is 0 Å². The number of hydrogen-bond donors (Lipinski definition) is 0. The van der Waals surface area contributed by atoms with Crippen molar-refractivity contribution in [2.75, 3.05) is 0 Å². The summed E-state index contributed by atoms with van der Waals surface area (Å²) in [6.45, 7) is 0. The molecule has 4 aromatic rings. The van der Waals surface area contributed by atoms with Gasteiger partial charge in [-0.3, -0.25) is 4.98 Å². The zero-order valence-electron chi connectivity index (χ0n) is 11.6. The van der Waals surface area contributed by atoms with Crippen LogP contribution in [0.2, 0.25) is 0 Å². The van der Waals surface area contributed by atoms with Gasteiger partial charge in [0, 0.05) is 24.2 Å². The molecule has 0 saturated carbocycles. The van der Waals surface area contributed by atoms with Crippen molar-refractivity contribution >= 4 is 22.9 Å². The quantitative estimate of drug-likeness (QED) is 0.566. The van der Waals surface area contributed by atoms with Crippen LogP contribution in [0.1, 0.15) is 0 Å². The van der Waals surface area contributed by atoms with E-state index in [-0.39, 0.29) is 0 Å². The van der Waals surface area contributed by atoms with Crippen LogP contribution in [-0.2, 0) is 0 Å². The van der Waals surface area contributed by atoms with E-state index in [1.165, 1.54) is 16.5 Å². The van der Waals surface area contributed by atoms with E-state index in [9.17, 15) is 4.39 Å². The van der Waals surface area contributed by atoms with E-state index in [4.69, 9.17) is 11.8 Å². The lowest BCUT2D eigenvalue weighted by molar-refractivity contribution is 0.622. The first kappa shape index (κ1) is 13.7. The lowest BCUT2D eigenvalue weighted by atomic mass is 10.2. The van der Waals surface area contributed by atoms with Crippen molar-refractivity contribution in [3.8, 4) is 22.8 Å². The molecular weight excluding hydrogens is 319 g/mol. The molecule has 0 amide bonds. The molecular formula is C15H8ClFN6.